The van der Waals surface area contributed by atoms with Crippen molar-refractivity contribution in [1.82, 2.24) is 9.78 Å². The predicted molar refractivity (Wildman–Crippen MR) is 111 cm³/mol. The number of hydrogen-bond acceptors (Lipinski definition) is 4. The van der Waals surface area contributed by atoms with Crippen LogP contribution in [0.2, 0.25) is 0 Å². The van der Waals surface area contributed by atoms with Crippen molar-refractivity contribution in [3.63, 3.8) is 0 Å². The number of carbonyl (C=O) groups is 2. The van der Waals surface area contributed by atoms with Crippen molar-refractivity contribution in [2.24, 2.45) is 0 Å². The number of rotatable bonds is 4. The normalized spacial score (nSPS) is 15.6. The summed E-state index contributed by atoms with van der Waals surface area (Å²) in [6.07, 6.45) is 0.108. The molecule has 1 aliphatic heterocycles. The summed E-state index contributed by atoms with van der Waals surface area (Å²) in [7, 11) is 1.58. The van der Waals surface area contributed by atoms with E-state index in [1.165, 1.54) is 0 Å². The lowest BCUT2D eigenvalue weighted by Gasteiger charge is -2.23. The molecule has 1 N–H and O–H groups in total. The molecule has 1 atom stereocenters. The molecule has 4 rings (SSSR count). The average Bonchev–Trinajstić information content (AvgIpc) is 3.05. The number of ether oxygens (including phenoxy) is 1. The van der Waals surface area contributed by atoms with Gasteiger partial charge in [-0.15, -0.1) is 0 Å². The number of amides is 1. The SMILES string of the molecule is COc1ccc(C(=O)[C@H]2CC(=O)Nc3c2c(C)nn3-c2cccc(C)c2C)cc1. The number of ketones is 1. The number of carbonyl (C=O) groups excluding carboxylic acids is 2. The van der Waals surface area contributed by atoms with Crippen LogP contribution in [0.4, 0.5) is 5.82 Å². The molecule has 1 aliphatic rings. The zero-order chi connectivity index (χ0) is 20.7. The first-order valence-electron chi connectivity index (χ1n) is 9.55. The number of nitrogens with zero attached hydrogens (tertiary/aromatic N) is 2. The topological polar surface area (TPSA) is 73.2 Å². The number of benzene rings is 2. The van der Waals surface area contributed by atoms with Crippen LogP contribution in [-0.2, 0) is 4.79 Å². The van der Waals surface area contributed by atoms with Crippen LogP contribution in [0, 0.1) is 20.8 Å². The van der Waals surface area contributed by atoms with E-state index in [0.717, 1.165) is 28.1 Å². The average molecular weight is 389 g/mol. The van der Waals surface area contributed by atoms with E-state index in [4.69, 9.17) is 4.74 Å². The van der Waals surface area contributed by atoms with Crippen LogP contribution in [0.3, 0.4) is 0 Å². The highest BCUT2D eigenvalue weighted by Gasteiger charge is 2.36. The van der Waals surface area contributed by atoms with Crippen molar-refractivity contribution in [2.45, 2.75) is 33.1 Å². The highest BCUT2D eigenvalue weighted by atomic mass is 16.5. The lowest BCUT2D eigenvalue weighted by molar-refractivity contribution is -0.116. The molecule has 29 heavy (non-hydrogen) atoms. The van der Waals surface area contributed by atoms with Crippen LogP contribution in [-0.4, -0.2) is 28.6 Å². The molecule has 0 bridgehead atoms. The molecule has 1 aromatic heterocycles. The number of methoxy groups -OCH3 is 1. The van der Waals surface area contributed by atoms with Crippen molar-refractivity contribution >= 4 is 17.5 Å². The van der Waals surface area contributed by atoms with E-state index in [2.05, 4.69) is 10.4 Å². The molecule has 6 heteroatoms. The molecule has 0 radical (unpaired) electrons. The Bertz CT molecular complexity index is 1110. The Morgan fingerprint density at radius 2 is 1.86 bits per heavy atom. The molecular formula is C23H23N3O3. The fourth-order valence-electron chi connectivity index (χ4n) is 3.87. The lowest BCUT2D eigenvalue weighted by Crippen LogP contribution is -2.28. The predicted octanol–water partition coefficient (Wildman–Crippen LogP) is 4.11. The summed E-state index contributed by atoms with van der Waals surface area (Å²) in [4.78, 5) is 25.8. The molecule has 6 nitrogen and oxygen atoms in total. The van der Waals surface area contributed by atoms with E-state index in [1.54, 1.807) is 36.1 Å². The smallest absolute Gasteiger partial charge is 0.226 e. The zero-order valence-corrected chi connectivity index (χ0v) is 16.9. The first-order chi connectivity index (χ1) is 13.9. The molecule has 2 heterocycles. The van der Waals surface area contributed by atoms with Crippen LogP contribution in [0.1, 0.15) is 45.1 Å². The second-order valence-corrected chi connectivity index (χ2v) is 7.38. The van der Waals surface area contributed by atoms with Crippen molar-refractivity contribution in [1.29, 1.82) is 0 Å². The molecule has 0 saturated carbocycles. The van der Waals surface area contributed by atoms with Gasteiger partial charge < -0.3 is 10.1 Å². The van der Waals surface area contributed by atoms with Gasteiger partial charge in [0, 0.05) is 17.5 Å². The van der Waals surface area contributed by atoms with Gasteiger partial charge in [0.2, 0.25) is 5.91 Å². The second kappa shape index (κ2) is 7.20. The summed E-state index contributed by atoms with van der Waals surface area (Å²) in [5.74, 6) is 0.427. The largest absolute Gasteiger partial charge is 0.497 e. The maximum atomic E-state index is 13.3. The number of aromatic nitrogens is 2. The van der Waals surface area contributed by atoms with E-state index in [0.29, 0.717) is 17.1 Å². The van der Waals surface area contributed by atoms with Gasteiger partial charge in [-0.2, -0.15) is 5.10 Å². The summed E-state index contributed by atoms with van der Waals surface area (Å²) < 4.78 is 6.92. The van der Waals surface area contributed by atoms with Crippen LogP contribution in [0.15, 0.2) is 42.5 Å². The van der Waals surface area contributed by atoms with Gasteiger partial charge in [0.15, 0.2) is 5.78 Å². The fraction of sp³-hybridized carbons (Fsp3) is 0.261. The highest BCUT2D eigenvalue weighted by molar-refractivity contribution is 6.08. The molecule has 148 valence electrons. The van der Waals surface area contributed by atoms with E-state index in [-0.39, 0.29) is 18.1 Å². The van der Waals surface area contributed by atoms with E-state index in [1.807, 2.05) is 39.0 Å². The lowest BCUT2D eigenvalue weighted by atomic mass is 9.85. The Kier molecular flexibility index (Phi) is 4.70. The molecule has 0 aliphatic carbocycles. The van der Waals surface area contributed by atoms with Crippen LogP contribution < -0.4 is 10.1 Å². The highest BCUT2D eigenvalue weighted by Crippen LogP contribution is 2.39. The minimum Gasteiger partial charge on any atom is -0.497 e. The number of anilines is 1. The van der Waals surface area contributed by atoms with Gasteiger partial charge in [-0.05, 0) is 62.2 Å². The molecule has 3 aromatic rings. The molecule has 0 spiro atoms. The Morgan fingerprint density at radius 1 is 1.14 bits per heavy atom. The number of fused-ring (bicyclic) bond motifs is 1. The summed E-state index contributed by atoms with van der Waals surface area (Å²) in [6, 6.07) is 12.9. The molecule has 0 unspecified atom stereocenters. The van der Waals surface area contributed by atoms with Gasteiger partial charge in [0.1, 0.15) is 11.6 Å². The minimum atomic E-state index is -0.564. The number of aryl methyl sites for hydroxylation is 2. The minimum absolute atomic E-state index is 0.0904. The fourth-order valence-corrected chi connectivity index (χ4v) is 3.87. The van der Waals surface area contributed by atoms with E-state index in [9.17, 15) is 9.59 Å². The maximum Gasteiger partial charge on any atom is 0.226 e. The molecule has 0 saturated heterocycles. The van der Waals surface area contributed by atoms with Crippen LogP contribution in [0.25, 0.3) is 5.69 Å². The Hall–Kier alpha value is -3.41. The van der Waals surface area contributed by atoms with Gasteiger partial charge in [0.05, 0.1) is 24.4 Å². The Morgan fingerprint density at radius 3 is 2.55 bits per heavy atom. The van der Waals surface area contributed by atoms with Gasteiger partial charge in [0.25, 0.3) is 0 Å². The summed E-state index contributed by atoms with van der Waals surface area (Å²) in [5.41, 5.74) is 5.19. The number of hydrogen-bond donors (Lipinski definition) is 1. The quantitative estimate of drug-likeness (QED) is 0.682. The second-order valence-electron chi connectivity index (χ2n) is 7.38. The summed E-state index contributed by atoms with van der Waals surface area (Å²) >= 11 is 0. The van der Waals surface area contributed by atoms with Gasteiger partial charge in [-0.1, -0.05) is 12.1 Å². The van der Waals surface area contributed by atoms with Crippen LogP contribution in [0.5, 0.6) is 5.75 Å². The molecular weight excluding hydrogens is 366 g/mol. The van der Waals surface area contributed by atoms with E-state index >= 15 is 0 Å². The molecule has 1 amide bonds. The third-order valence-electron chi connectivity index (χ3n) is 5.60. The summed E-state index contributed by atoms with van der Waals surface area (Å²) in [6.45, 7) is 5.95. The van der Waals surface area contributed by atoms with Gasteiger partial charge >= 0.3 is 0 Å². The monoisotopic (exact) mass is 389 g/mol. The van der Waals surface area contributed by atoms with Crippen molar-refractivity contribution in [3.05, 3.63) is 70.4 Å². The van der Waals surface area contributed by atoms with Gasteiger partial charge in [-0.3, -0.25) is 9.59 Å². The maximum absolute atomic E-state index is 13.3. The van der Waals surface area contributed by atoms with Crippen molar-refractivity contribution < 1.29 is 14.3 Å². The van der Waals surface area contributed by atoms with Crippen molar-refractivity contribution in [2.75, 3.05) is 12.4 Å². The standard InChI is InChI=1S/C23H23N3O3/c1-13-6-5-7-19(14(13)2)26-23-21(15(3)25-26)18(12-20(27)24-23)22(28)16-8-10-17(29-4)11-9-16/h5-11,18H,12H2,1-4H3,(H,24,27)/t18-/m0/s1. The number of Topliss-reactive ketones (excluding diaryl/α,β-unsaturated/α-hetero) is 1. The van der Waals surface area contributed by atoms with Gasteiger partial charge in [-0.25, -0.2) is 4.68 Å². The van der Waals surface area contributed by atoms with Crippen LogP contribution >= 0.6 is 0 Å². The van der Waals surface area contributed by atoms with Crippen molar-refractivity contribution in [3.8, 4) is 11.4 Å². The number of nitrogens with one attached hydrogen (secondary N) is 1. The first-order valence-corrected chi connectivity index (χ1v) is 9.55. The van der Waals surface area contributed by atoms with E-state index < -0.39 is 5.92 Å². The Balaban J connectivity index is 1.81. The third-order valence-corrected chi connectivity index (χ3v) is 5.60. The first kappa shape index (κ1) is 18.9. The zero-order valence-electron chi connectivity index (χ0n) is 16.9. The molecule has 0 fully saturated rings. The Labute approximate surface area is 169 Å². The third kappa shape index (κ3) is 3.20. The molecule has 2 aromatic carbocycles. The summed E-state index contributed by atoms with van der Waals surface area (Å²) in [5, 5.41) is 7.62.